The van der Waals surface area contributed by atoms with Crippen LogP contribution in [0.4, 0.5) is 0 Å². The van der Waals surface area contributed by atoms with Crippen molar-refractivity contribution in [3.8, 4) is 0 Å². The molecule has 0 amide bonds. The summed E-state index contributed by atoms with van der Waals surface area (Å²) in [4.78, 5) is 0. The van der Waals surface area contributed by atoms with Crippen molar-refractivity contribution in [1.29, 1.82) is 0 Å². The Labute approximate surface area is 118 Å². The van der Waals surface area contributed by atoms with Crippen LogP contribution < -0.4 is 0 Å². The number of methoxy groups -OCH3 is 2. The first kappa shape index (κ1) is 14.8. The van der Waals surface area contributed by atoms with Crippen LogP contribution in [0.25, 0.3) is 0 Å². The molecule has 1 N–H and O–H groups in total. The Bertz CT molecular complexity index is 424. The number of ether oxygens (including phenoxy) is 2. The standard InChI is InChI=1S/C13H21ClN2O3/c1-18-7-6-16-12(11(14)9-15-16)13(17)5-3-4-10(8-13)19-2/h9-10,17H,3-8H2,1-2H3. The molecule has 0 aromatic carbocycles. The van der Waals surface area contributed by atoms with Gasteiger partial charge in [-0.2, -0.15) is 5.10 Å². The van der Waals surface area contributed by atoms with Crippen molar-refractivity contribution in [2.24, 2.45) is 0 Å². The Morgan fingerprint density at radius 1 is 1.58 bits per heavy atom. The van der Waals surface area contributed by atoms with Crippen molar-refractivity contribution in [2.75, 3.05) is 20.8 Å². The Balaban J connectivity index is 2.25. The maximum absolute atomic E-state index is 10.9. The highest BCUT2D eigenvalue weighted by Gasteiger charge is 2.40. The summed E-state index contributed by atoms with van der Waals surface area (Å²) < 4.78 is 12.2. The fraction of sp³-hybridized carbons (Fsp3) is 0.769. The first-order valence-corrected chi connectivity index (χ1v) is 6.94. The van der Waals surface area contributed by atoms with E-state index in [1.54, 1.807) is 25.1 Å². The molecule has 0 aliphatic heterocycles. The van der Waals surface area contributed by atoms with Crippen molar-refractivity contribution in [1.82, 2.24) is 9.78 Å². The van der Waals surface area contributed by atoms with Crippen LogP contribution in [0.15, 0.2) is 6.20 Å². The zero-order valence-corrected chi connectivity index (χ0v) is 12.2. The van der Waals surface area contributed by atoms with Gasteiger partial charge in [-0.05, 0) is 19.3 Å². The molecule has 1 aliphatic carbocycles. The first-order chi connectivity index (χ1) is 9.10. The summed E-state index contributed by atoms with van der Waals surface area (Å²) in [5.74, 6) is 0. The van der Waals surface area contributed by atoms with Crippen LogP contribution in [0.3, 0.4) is 0 Å². The second-order valence-corrected chi connectivity index (χ2v) is 5.45. The largest absolute Gasteiger partial charge is 0.383 e. The van der Waals surface area contributed by atoms with Gasteiger partial charge in [-0.3, -0.25) is 4.68 Å². The predicted octanol–water partition coefficient (Wildman–Crippen LogP) is 1.96. The number of nitrogens with zero attached hydrogens (tertiary/aromatic N) is 2. The van der Waals surface area contributed by atoms with E-state index in [-0.39, 0.29) is 6.10 Å². The van der Waals surface area contributed by atoms with Gasteiger partial charge in [0, 0.05) is 20.6 Å². The van der Waals surface area contributed by atoms with Crippen molar-refractivity contribution in [3.05, 3.63) is 16.9 Å². The molecule has 1 aromatic rings. The summed E-state index contributed by atoms with van der Waals surface area (Å²) in [5.41, 5.74) is -0.270. The third-order valence-electron chi connectivity index (χ3n) is 3.76. The van der Waals surface area contributed by atoms with Gasteiger partial charge in [-0.15, -0.1) is 0 Å². The average Bonchev–Trinajstić information content (AvgIpc) is 2.78. The number of aliphatic hydroxyl groups is 1. The van der Waals surface area contributed by atoms with Crippen LogP contribution in [-0.2, 0) is 21.6 Å². The van der Waals surface area contributed by atoms with Crippen molar-refractivity contribution in [3.63, 3.8) is 0 Å². The van der Waals surface area contributed by atoms with E-state index >= 15 is 0 Å². The molecule has 2 atom stereocenters. The first-order valence-electron chi connectivity index (χ1n) is 6.56. The molecule has 1 aliphatic rings. The van der Waals surface area contributed by atoms with Gasteiger partial charge in [-0.25, -0.2) is 0 Å². The highest BCUT2D eigenvalue weighted by atomic mass is 35.5. The molecule has 2 unspecified atom stereocenters. The topological polar surface area (TPSA) is 56.5 Å². The lowest BCUT2D eigenvalue weighted by Crippen LogP contribution is -2.38. The van der Waals surface area contributed by atoms with Gasteiger partial charge < -0.3 is 14.6 Å². The number of rotatable bonds is 5. The molecule has 1 saturated carbocycles. The quantitative estimate of drug-likeness (QED) is 0.900. The molecule has 1 fully saturated rings. The second kappa shape index (κ2) is 6.22. The Hall–Kier alpha value is -0.620. The summed E-state index contributed by atoms with van der Waals surface area (Å²) >= 11 is 6.21. The van der Waals surface area contributed by atoms with Crippen molar-refractivity contribution >= 4 is 11.6 Å². The van der Waals surface area contributed by atoms with E-state index in [0.29, 0.717) is 36.7 Å². The average molecular weight is 289 g/mol. The molecular formula is C13H21ClN2O3. The third kappa shape index (κ3) is 3.11. The lowest BCUT2D eigenvalue weighted by atomic mass is 9.80. The van der Waals surface area contributed by atoms with Crippen LogP contribution in [-0.4, -0.2) is 41.8 Å². The van der Waals surface area contributed by atoms with Crippen LogP contribution in [0.5, 0.6) is 0 Å². The fourth-order valence-electron chi connectivity index (χ4n) is 2.79. The minimum Gasteiger partial charge on any atom is -0.383 e. The third-order valence-corrected chi connectivity index (χ3v) is 4.03. The molecule has 1 heterocycles. The summed E-state index contributed by atoms with van der Waals surface area (Å²) in [6.45, 7) is 1.12. The van der Waals surface area contributed by atoms with Crippen LogP contribution in [0, 0.1) is 0 Å². The minimum atomic E-state index is -0.958. The zero-order chi connectivity index (χ0) is 13.9. The van der Waals surface area contributed by atoms with Gasteiger partial charge in [0.25, 0.3) is 0 Å². The molecule has 19 heavy (non-hydrogen) atoms. The van der Waals surface area contributed by atoms with E-state index in [0.717, 1.165) is 12.8 Å². The van der Waals surface area contributed by atoms with E-state index in [2.05, 4.69) is 5.10 Å². The van der Waals surface area contributed by atoms with Gasteiger partial charge in [0.2, 0.25) is 0 Å². The molecule has 6 heteroatoms. The summed E-state index contributed by atoms with van der Waals surface area (Å²) in [6.07, 6.45) is 4.79. The Morgan fingerprint density at radius 2 is 2.37 bits per heavy atom. The summed E-state index contributed by atoms with van der Waals surface area (Å²) in [5, 5.41) is 15.7. The van der Waals surface area contributed by atoms with E-state index in [9.17, 15) is 5.11 Å². The molecule has 0 bridgehead atoms. The van der Waals surface area contributed by atoms with Gasteiger partial charge in [0.15, 0.2) is 0 Å². The fourth-order valence-corrected chi connectivity index (χ4v) is 3.11. The van der Waals surface area contributed by atoms with Crippen LogP contribution in [0.2, 0.25) is 5.02 Å². The second-order valence-electron chi connectivity index (χ2n) is 5.04. The molecule has 0 spiro atoms. The number of aromatic nitrogens is 2. The maximum Gasteiger partial charge on any atom is 0.110 e. The Kier molecular flexibility index (Phi) is 4.84. The van der Waals surface area contributed by atoms with E-state index in [1.165, 1.54) is 0 Å². The Morgan fingerprint density at radius 3 is 3.05 bits per heavy atom. The maximum atomic E-state index is 10.9. The van der Waals surface area contributed by atoms with Crippen LogP contribution in [0.1, 0.15) is 31.4 Å². The zero-order valence-electron chi connectivity index (χ0n) is 11.4. The highest BCUT2D eigenvalue weighted by molar-refractivity contribution is 6.31. The van der Waals surface area contributed by atoms with Gasteiger partial charge in [-0.1, -0.05) is 11.6 Å². The molecule has 0 radical (unpaired) electrons. The number of hydrogen-bond acceptors (Lipinski definition) is 4. The van der Waals surface area contributed by atoms with E-state index in [4.69, 9.17) is 21.1 Å². The summed E-state index contributed by atoms with van der Waals surface area (Å²) in [6, 6.07) is 0. The number of halogens is 1. The predicted molar refractivity (Wildman–Crippen MR) is 72.3 cm³/mol. The molecule has 1 aromatic heterocycles. The van der Waals surface area contributed by atoms with E-state index in [1.807, 2.05) is 0 Å². The lowest BCUT2D eigenvalue weighted by Gasteiger charge is -2.36. The molecule has 5 nitrogen and oxygen atoms in total. The highest BCUT2D eigenvalue weighted by Crippen LogP contribution is 2.40. The van der Waals surface area contributed by atoms with Gasteiger partial charge in [0.1, 0.15) is 5.60 Å². The van der Waals surface area contributed by atoms with Crippen LogP contribution >= 0.6 is 11.6 Å². The van der Waals surface area contributed by atoms with Gasteiger partial charge >= 0.3 is 0 Å². The number of hydrogen-bond donors (Lipinski definition) is 1. The van der Waals surface area contributed by atoms with Crippen molar-refractivity contribution in [2.45, 2.75) is 43.9 Å². The van der Waals surface area contributed by atoms with E-state index < -0.39 is 5.60 Å². The smallest absolute Gasteiger partial charge is 0.110 e. The normalized spacial score (nSPS) is 27.7. The molecule has 0 saturated heterocycles. The lowest BCUT2D eigenvalue weighted by molar-refractivity contribution is -0.0684. The molecule has 108 valence electrons. The van der Waals surface area contributed by atoms with Gasteiger partial charge in [0.05, 0.1) is 36.2 Å². The monoisotopic (exact) mass is 288 g/mol. The molecule has 2 rings (SSSR count). The summed E-state index contributed by atoms with van der Waals surface area (Å²) in [7, 11) is 3.32. The molecular weight excluding hydrogens is 268 g/mol. The minimum absolute atomic E-state index is 0.0700. The SMILES string of the molecule is COCCn1ncc(Cl)c1C1(O)CCCC(OC)C1. The van der Waals surface area contributed by atoms with Crippen molar-refractivity contribution < 1.29 is 14.6 Å².